The number of ether oxygens (including phenoxy) is 15. The first-order chi connectivity index (χ1) is 45.3. The third-order valence-electron chi connectivity index (χ3n) is 18.8. The normalized spacial score (nSPS) is 40.1. The summed E-state index contributed by atoms with van der Waals surface area (Å²) in [6, 6.07) is 0. The second kappa shape index (κ2) is 38.9. The standard InChI is InChI=1S/C65H110O30/c1-11-15-21-24-36-25-22-19-17-16-18-20-23-26-41(69)88-53-45(73)42(70)37(27-66)84-62(53)81-30-40-50(90-59(79)33(8)13-3)52(91-57(77)31(5)6)48(76)61(87-40)93-51-44(72)39(29-68)86-65(94-54-46(74)43(71)38(28-67)85-64(54)83-36)56(51)95-63-55(92-60(80)34(9)14-4)47(75)49(35(10)82-63)89-58(78)32(7)12-2/h31-40,42-56,61-68,70-76H,11-30H2,1-10H3/t32-,33-,34-,35+,36-,37+,38+,39-,40+,42+,43-,44-,45+,46+,47+,48-,49+,50-,51-,52-,53+,54-,55+,56-,61+,62-,63+,64-,65-/m0/s1. The molecule has 6 aliphatic rings. The zero-order valence-electron chi connectivity index (χ0n) is 56.6. The van der Waals surface area contributed by atoms with Gasteiger partial charge in [-0.3, -0.25) is 24.0 Å². The van der Waals surface area contributed by atoms with Gasteiger partial charge in [0, 0.05) is 6.42 Å². The van der Waals surface area contributed by atoms with E-state index >= 15 is 0 Å². The Morgan fingerprint density at radius 1 is 0.474 bits per heavy atom. The predicted molar refractivity (Wildman–Crippen MR) is 326 cm³/mol. The number of hydrogen-bond donors (Lipinski definition) is 10. The van der Waals surface area contributed by atoms with Gasteiger partial charge in [-0.15, -0.1) is 0 Å². The van der Waals surface area contributed by atoms with Crippen LogP contribution in [0.25, 0.3) is 0 Å². The Morgan fingerprint density at radius 2 is 0.979 bits per heavy atom. The summed E-state index contributed by atoms with van der Waals surface area (Å²) in [7, 11) is 0. The van der Waals surface area contributed by atoms with Crippen LogP contribution in [0, 0.1) is 23.7 Å². The van der Waals surface area contributed by atoms with Crippen LogP contribution in [-0.4, -0.2) is 267 Å². The van der Waals surface area contributed by atoms with E-state index in [-0.39, 0.29) is 19.3 Å². The van der Waals surface area contributed by atoms with E-state index in [2.05, 4.69) is 0 Å². The highest BCUT2D eigenvalue weighted by Crippen LogP contribution is 2.40. The first-order valence-corrected chi connectivity index (χ1v) is 34.4. The van der Waals surface area contributed by atoms with Crippen LogP contribution >= 0.6 is 0 Å². The lowest BCUT2D eigenvalue weighted by Gasteiger charge is -2.51. The van der Waals surface area contributed by atoms with Crippen molar-refractivity contribution in [2.75, 3.05) is 26.4 Å². The minimum Gasteiger partial charge on any atom is -0.456 e. The number of fused-ring (bicyclic) bond motifs is 6. The van der Waals surface area contributed by atoms with Gasteiger partial charge in [-0.2, -0.15) is 0 Å². The van der Waals surface area contributed by atoms with Crippen molar-refractivity contribution >= 4 is 29.8 Å². The number of unbranched alkanes of at least 4 members (excludes halogenated alkanes) is 2. The molecule has 30 nitrogen and oxygen atoms in total. The van der Waals surface area contributed by atoms with Crippen molar-refractivity contribution in [3.63, 3.8) is 0 Å². The van der Waals surface area contributed by atoms with E-state index in [0.717, 1.165) is 38.5 Å². The molecule has 30 heteroatoms. The summed E-state index contributed by atoms with van der Waals surface area (Å²) in [5.41, 5.74) is 0. The fourth-order valence-corrected chi connectivity index (χ4v) is 11.9. The van der Waals surface area contributed by atoms with Gasteiger partial charge in [-0.05, 0) is 45.4 Å². The van der Waals surface area contributed by atoms with Crippen molar-refractivity contribution in [1.29, 1.82) is 0 Å². The van der Waals surface area contributed by atoms with Crippen LogP contribution < -0.4 is 0 Å². The van der Waals surface area contributed by atoms with Crippen LogP contribution in [0.15, 0.2) is 0 Å². The highest BCUT2D eigenvalue weighted by Gasteiger charge is 2.60. The molecule has 0 radical (unpaired) electrons. The summed E-state index contributed by atoms with van der Waals surface area (Å²) in [5.74, 6) is -7.35. The maximum Gasteiger partial charge on any atom is 0.309 e. The van der Waals surface area contributed by atoms with Gasteiger partial charge in [0.1, 0.15) is 85.5 Å². The van der Waals surface area contributed by atoms with E-state index < -0.39 is 240 Å². The van der Waals surface area contributed by atoms with E-state index in [0.29, 0.717) is 44.9 Å². The Hall–Kier alpha value is -3.45. The summed E-state index contributed by atoms with van der Waals surface area (Å²) in [6.07, 6.45) is -38.0. The third-order valence-corrected chi connectivity index (χ3v) is 18.8. The first kappa shape index (κ1) is 80.5. The smallest absolute Gasteiger partial charge is 0.309 e. The highest BCUT2D eigenvalue weighted by molar-refractivity contribution is 5.74. The van der Waals surface area contributed by atoms with Crippen molar-refractivity contribution in [3.8, 4) is 0 Å². The number of hydrogen-bond acceptors (Lipinski definition) is 30. The Balaban J connectivity index is 1.55. The molecule has 0 aromatic heterocycles. The molecule has 0 spiro atoms. The summed E-state index contributed by atoms with van der Waals surface area (Å²) < 4.78 is 94.0. The van der Waals surface area contributed by atoms with E-state index in [9.17, 15) is 75.0 Å². The number of aliphatic hydroxyl groups excluding tert-OH is 10. The van der Waals surface area contributed by atoms with Crippen LogP contribution in [0.5, 0.6) is 0 Å². The van der Waals surface area contributed by atoms with Crippen LogP contribution in [-0.2, 0) is 95.0 Å². The van der Waals surface area contributed by atoms with E-state index in [4.69, 9.17) is 71.1 Å². The number of aliphatic hydroxyl groups is 10. The lowest BCUT2D eigenvalue weighted by atomic mass is 9.95. The molecule has 0 aromatic rings. The summed E-state index contributed by atoms with van der Waals surface area (Å²) in [4.78, 5) is 68.7. The van der Waals surface area contributed by atoms with Gasteiger partial charge in [-0.25, -0.2) is 0 Å². The van der Waals surface area contributed by atoms with Gasteiger partial charge in [0.05, 0.1) is 62.3 Å². The average Bonchev–Trinajstić information content (AvgIpc) is 0.771. The van der Waals surface area contributed by atoms with E-state index in [1.165, 1.54) is 20.8 Å². The monoisotopic (exact) mass is 1370 g/mol. The minimum atomic E-state index is -2.24. The van der Waals surface area contributed by atoms with Crippen molar-refractivity contribution in [1.82, 2.24) is 0 Å². The van der Waals surface area contributed by atoms with Gasteiger partial charge >= 0.3 is 29.8 Å². The number of carbonyl (C=O) groups is 5. The van der Waals surface area contributed by atoms with Crippen LogP contribution in [0.4, 0.5) is 0 Å². The maximum absolute atomic E-state index is 13.9. The van der Waals surface area contributed by atoms with Crippen molar-refractivity contribution in [2.24, 2.45) is 23.7 Å². The minimum absolute atomic E-state index is 0.117. The lowest BCUT2D eigenvalue weighted by molar-refractivity contribution is -0.410. The molecule has 0 unspecified atom stereocenters. The molecule has 29 atom stereocenters. The van der Waals surface area contributed by atoms with Crippen molar-refractivity contribution in [2.45, 2.75) is 332 Å². The Bertz CT molecular complexity index is 2320. The Labute approximate surface area is 556 Å². The maximum atomic E-state index is 13.9. The average molecular weight is 1370 g/mol. The Kier molecular flexibility index (Phi) is 33.0. The topological polar surface area (TPSA) is 426 Å². The summed E-state index contributed by atoms with van der Waals surface area (Å²) in [6.45, 7) is 12.7. The molecule has 550 valence electrons. The van der Waals surface area contributed by atoms with Crippen LogP contribution in [0.1, 0.15) is 172 Å². The van der Waals surface area contributed by atoms with E-state index in [1.54, 1.807) is 41.5 Å². The molecule has 95 heavy (non-hydrogen) atoms. The molecular weight excluding hydrogens is 1260 g/mol. The SMILES string of the molecule is CCCCC[C@H]1CCCCCCCCCC(=O)O[C@H]2[C@@H](OC[C@H]3O[C@H](O[C@H]4[C@@H](O)[C@H](CO)O[C@@H](O[C@@H]5[C@@H](O1)O[C@H](CO)[C@H](O)[C@H]5O)[C@H]4O[C@H]1O[C@H](C)[C@@H](OC(=O)[C@@H](C)CC)[C@@H](O)[C@H]1OC(=O)[C@@H](C)CC)[C@@H](O)[C@H](OC(=O)C(C)C)[C@H]3OC(=O)[C@@H](C)CC)O[C@H](CO)[C@@H](O)[C@H]2O. The van der Waals surface area contributed by atoms with Crippen LogP contribution in [0.2, 0.25) is 0 Å². The second-order valence-corrected chi connectivity index (χ2v) is 26.4. The molecule has 6 aliphatic heterocycles. The molecule has 0 saturated carbocycles. The largest absolute Gasteiger partial charge is 0.456 e. The molecule has 6 fully saturated rings. The van der Waals surface area contributed by atoms with Crippen LogP contribution in [0.3, 0.4) is 0 Å². The zero-order chi connectivity index (χ0) is 70.0. The van der Waals surface area contributed by atoms with Gasteiger partial charge < -0.3 is 122 Å². The molecule has 6 heterocycles. The fraction of sp³-hybridized carbons (Fsp3) is 0.923. The Morgan fingerprint density at radius 3 is 1.55 bits per heavy atom. The number of carbonyl (C=O) groups excluding carboxylic acids is 5. The quantitative estimate of drug-likeness (QED) is 0.0464. The van der Waals surface area contributed by atoms with Gasteiger partial charge in [-0.1, -0.05) is 120 Å². The molecule has 0 amide bonds. The number of rotatable bonds is 20. The molecule has 4 bridgehead atoms. The second-order valence-electron chi connectivity index (χ2n) is 26.4. The van der Waals surface area contributed by atoms with Crippen molar-refractivity contribution < 1.29 is 146 Å². The van der Waals surface area contributed by atoms with Gasteiger partial charge in [0.15, 0.2) is 62.0 Å². The molecule has 10 N–H and O–H groups in total. The molecular formula is C65H110O30. The lowest BCUT2D eigenvalue weighted by Crippen LogP contribution is -2.69. The summed E-state index contributed by atoms with van der Waals surface area (Å²) in [5, 5.41) is 116. The summed E-state index contributed by atoms with van der Waals surface area (Å²) >= 11 is 0. The molecule has 0 aliphatic carbocycles. The van der Waals surface area contributed by atoms with E-state index in [1.807, 2.05) is 6.92 Å². The molecule has 6 saturated heterocycles. The van der Waals surface area contributed by atoms with Crippen molar-refractivity contribution in [3.05, 3.63) is 0 Å². The highest BCUT2D eigenvalue weighted by atomic mass is 16.8. The van der Waals surface area contributed by atoms with Gasteiger partial charge in [0.25, 0.3) is 0 Å². The predicted octanol–water partition coefficient (Wildman–Crippen LogP) is 1.15. The molecule has 6 rings (SSSR count). The zero-order valence-corrected chi connectivity index (χ0v) is 56.6. The fourth-order valence-electron chi connectivity index (χ4n) is 11.9. The first-order valence-electron chi connectivity index (χ1n) is 34.4. The number of esters is 5. The molecule has 0 aromatic carbocycles. The third kappa shape index (κ3) is 21.3. The van der Waals surface area contributed by atoms with Gasteiger partial charge in [0.2, 0.25) is 0 Å².